The fourth-order valence-corrected chi connectivity index (χ4v) is 1.34. The van der Waals surface area contributed by atoms with Crippen LogP contribution in [-0.2, 0) is 4.79 Å². The molecule has 3 amide bonds. The molecule has 2 N–H and O–H groups in total. The second-order valence-electron chi connectivity index (χ2n) is 3.07. The Bertz CT molecular complexity index is 448. The molecule has 1 aromatic rings. The third-order valence-electron chi connectivity index (χ3n) is 2.05. The summed E-state index contributed by atoms with van der Waals surface area (Å²) in [4.78, 5) is 21.9. The van der Waals surface area contributed by atoms with Crippen LogP contribution in [0, 0.1) is 11.6 Å². The Balaban J connectivity index is 2.34. The molecule has 1 fully saturated rings. The van der Waals surface area contributed by atoms with Gasteiger partial charge in [-0.25, -0.2) is 13.6 Å². The van der Waals surface area contributed by atoms with Crippen LogP contribution in [0.15, 0.2) is 18.2 Å². The first-order valence-electron chi connectivity index (χ1n) is 4.14. The molecule has 1 unspecified atom stereocenters. The van der Waals surface area contributed by atoms with Crippen LogP contribution in [-0.4, -0.2) is 11.9 Å². The normalized spacial score (nSPS) is 20.0. The van der Waals surface area contributed by atoms with Crippen LogP contribution in [0.4, 0.5) is 13.6 Å². The molecule has 15 heavy (non-hydrogen) atoms. The Kier molecular flexibility index (Phi) is 2.11. The number of carbonyl (C=O) groups is 2. The van der Waals surface area contributed by atoms with E-state index in [0.29, 0.717) is 0 Å². The van der Waals surface area contributed by atoms with Gasteiger partial charge in [-0.3, -0.25) is 10.1 Å². The lowest BCUT2D eigenvalue weighted by molar-refractivity contribution is -0.120. The Morgan fingerprint density at radius 3 is 2.40 bits per heavy atom. The molecule has 78 valence electrons. The molecule has 1 saturated heterocycles. The van der Waals surface area contributed by atoms with E-state index in [-0.39, 0.29) is 5.56 Å². The first kappa shape index (κ1) is 9.57. The molecule has 0 aromatic heterocycles. The minimum Gasteiger partial charge on any atom is -0.322 e. The molecule has 1 aliphatic rings. The zero-order valence-electron chi connectivity index (χ0n) is 7.38. The number of amides is 3. The van der Waals surface area contributed by atoms with Gasteiger partial charge in [0.05, 0.1) is 0 Å². The van der Waals surface area contributed by atoms with E-state index in [9.17, 15) is 18.4 Å². The Morgan fingerprint density at radius 1 is 1.13 bits per heavy atom. The molecular weight excluding hydrogens is 206 g/mol. The zero-order valence-corrected chi connectivity index (χ0v) is 7.38. The Labute approximate surface area is 83.3 Å². The molecule has 2 rings (SSSR count). The van der Waals surface area contributed by atoms with Gasteiger partial charge in [0.1, 0.15) is 6.04 Å². The number of urea groups is 1. The van der Waals surface area contributed by atoms with Gasteiger partial charge in [0.25, 0.3) is 5.91 Å². The van der Waals surface area contributed by atoms with Crippen LogP contribution in [0.3, 0.4) is 0 Å². The van der Waals surface area contributed by atoms with Crippen molar-refractivity contribution in [3.8, 4) is 0 Å². The molecule has 1 aromatic carbocycles. The summed E-state index contributed by atoms with van der Waals surface area (Å²) in [6, 6.07) is 1.43. The smallest absolute Gasteiger partial charge is 0.322 e. The fraction of sp³-hybridized carbons (Fsp3) is 0.111. The lowest BCUT2D eigenvalue weighted by Crippen LogP contribution is -2.22. The van der Waals surface area contributed by atoms with Gasteiger partial charge in [0.2, 0.25) is 0 Å². The molecule has 1 atom stereocenters. The van der Waals surface area contributed by atoms with E-state index in [1.807, 2.05) is 5.32 Å². The summed E-state index contributed by atoms with van der Waals surface area (Å²) < 4.78 is 25.4. The number of hydrogen-bond donors (Lipinski definition) is 2. The molecule has 0 bridgehead atoms. The molecule has 1 aliphatic heterocycles. The van der Waals surface area contributed by atoms with E-state index in [1.165, 1.54) is 6.07 Å². The number of carbonyl (C=O) groups excluding carboxylic acids is 2. The largest absolute Gasteiger partial charge is 0.322 e. The summed E-state index contributed by atoms with van der Waals surface area (Å²) in [6.07, 6.45) is 0. The van der Waals surface area contributed by atoms with Gasteiger partial charge in [0, 0.05) is 0 Å². The minimum absolute atomic E-state index is 0.206. The number of imide groups is 1. The first-order chi connectivity index (χ1) is 7.08. The quantitative estimate of drug-likeness (QED) is 0.678. The average molecular weight is 212 g/mol. The third kappa shape index (κ3) is 1.65. The standard InChI is InChI=1S/C9H6F2N2O2/c10-5-2-1-4(3-6(5)11)7-8(14)13-9(15)12-7/h1-3,7H,(H2,12,13,14,15). The Hall–Kier alpha value is -1.98. The predicted molar refractivity (Wildman–Crippen MR) is 45.8 cm³/mol. The SMILES string of the molecule is O=C1NC(=O)C(c2ccc(F)c(F)c2)N1. The predicted octanol–water partition coefficient (Wildman–Crippen LogP) is 0.845. The molecule has 6 heteroatoms. The first-order valence-corrected chi connectivity index (χ1v) is 4.14. The van der Waals surface area contributed by atoms with Crippen LogP contribution >= 0.6 is 0 Å². The maximum atomic E-state index is 12.8. The van der Waals surface area contributed by atoms with E-state index < -0.39 is 29.6 Å². The second kappa shape index (κ2) is 3.30. The average Bonchev–Trinajstić information content (AvgIpc) is 2.50. The van der Waals surface area contributed by atoms with Crippen LogP contribution in [0.2, 0.25) is 0 Å². The van der Waals surface area contributed by atoms with Gasteiger partial charge >= 0.3 is 6.03 Å². The van der Waals surface area contributed by atoms with Crippen LogP contribution < -0.4 is 10.6 Å². The highest BCUT2D eigenvalue weighted by Gasteiger charge is 2.31. The highest BCUT2D eigenvalue weighted by Crippen LogP contribution is 2.18. The summed E-state index contributed by atoms with van der Waals surface area (Å²) in [5, 5.41) is 4.27. The fourth-order valence-electron chi connectivity index (χ4n) is 1.34. The van der Waals surface area contributed by atoms with E-state index in [2.05, 4.69) is 5.32 Å². The van der Waals surface area contributed by atoms with E-state index >= 15 is 0 Å². The topological polar surface area (TPSA) is 58.2 Å². The number of rotatable bonds is 1. The van der Waals surface area contributed by atoms with E-state index in [0.717, 1.165) is 12.1 Å². The van der Waals surface area contributed by atoms with Gasteiger partial charge in [0.15, 0.2) is 11.6 Å². The van der Waals surface area contributed by atoms with Gasteiger partial charge in [-0.1, -0.05) is 6.07 Å². The minimum atomic E-state index is -1.05. The number of nitrogens with one attached hydrogen (secondary N) is 2. The summed E-state index contributed by atoms with van der Waals surface area (Å²) in [6.45, 7) is 0. The number of benzene rings is 1. The summed E-state index contributed by atoms with van der Waals surface area (Å²) in [5.41, 5.74) is 0.206. The second-order valence-corrected chi connectivity index (χ2v) is 3.07. The molecule has 4 nitrogen and oxygen atoms in total. The maximum absolute atomic E-state index is 12.8. The van der Waals surface area contributed by atoms with Gasteiger partial charge < -0.3 is 5.32 Å². The van der Waals surface area contributed by atoms with Gasteiger partial charge in [-0.15, -0.1) is 0 Å². The van der Waals surface area contributed by atoms with Crippen LogP contribution in [0.1, 0.15) is 11.6 Å². The van der Waals surface area contributed by atoms with Crippen molar-refractivity contribution in [2.75, 3.05) is 0 Å². The number of halogens is 2. The van der Waals surface area contributed by atoms with Gasteiger partial charge in [-0.05, 0) is 17.7 Å². The third-order valence-corrected chi connectivity index (χ3v) is 2.05. The molecule has 0 saturated carbocycles. The monoisotopic (exact) mass is 212 g/mol. The van der Waals surface area contributed by atoms with Crippen molar-refractivity contribution in [3.05, 3.63) is 35.4 Å². The van der Waals surface area contributed by atoms with E-state index in [4.69, 9.17) is 0 Å². The van der Waals surface area contributed by atoms with E-state index in [1.54, 1.807) is 0 Å². The van der Waals surface area contributed by atoms with Crippen molar-refractivity contribution >= 4 is 11.9 Å². The highest BCUT2D eigenvalue weighted by molar-refractivity contribution is 6.04. The summed E-state index contributed by atoms with van der Waals surface area (Å²) >= 11 is 0. The van der Waals surface area contributed by atoms with Crippen molar-refractivity contribution in [3.63, 3.8) is 0 Å². The van der Waals surface area contributed by atoms with Crippen molar-refractivity contribution in [2.45, 2.75) is 6.04 Å². The number of hydrogen-bond acceptors (Lipinski definition) is 2. The molecule has 0 spiro atoms. The lowest BCUT2D eigenvalue weighted by Gasteiger charge is -2.07. The van der Waals surface area contributed by atoms with Crippen molar-refractivity contribution < 1.29 is 18.4 Å². The molecule has 0 aliphatic carbocycles. The van der Waals surface area contributed by atoms with Gasteiger partial charge in [-0.2, -0.15) is 0 Å². The van der Waals surface area contributed by atoms with Crippen molar-refractivity contribution in [2.24, 2.45) is 0 Å². The maximum Gasteiger partial charge on any atom is 0.322 e. The highest BCUT2D eigenvalue weighted by atomic mass is 19.2. The molecule has 1 heterocycles. The lowest BCUT2D eigenvalue weighted by atomic mass is 10.1. The van der Waals surface area contributed by atoms with Crippen molar-refractivity contribution in [1.29, 1.82) is 0 Å². The van der Waals surface area contributed by atoms with Crippen molar-refractivity contribution in [1.82, 2.24) is 10.6 Å². The van der Waals surface area contributed by atoms with Crippen LogP contribution in [0.25, 0.3) is 0 Å². The zero-order chi connectivity index (χ0) is 11.0. The Morgan fingerprint density at radius 2 is 1.87 bits per heavy atom. The molecule has 0 radical (unpaired) electrons. The summed E-state index contributed by atoms with van der Waals surface area (Å²) in [5.74, 6) is -2.63. The molecular formula is C9H6F2N2O2. The summed E-state index contributed by atoms with van der Waals surface area (Å²) in [7, 11) is 0. The van der Waals surface area contributed by atoms with Crippen LogP contribution in [0.5, 0.6) is 0 Å².